The van der Waals surface area contributed by atoms with E-state index in [1.807, 2.05) is 13.8 Å². The SMILES string of the molecule is CNCCOC(=O)/C=C1\CC[C@@H]2[C@H]([C@@H](O)C(=O)[C@@H]3[C@]2(C)CCC[C@]3(C)C(=O)OC)[C@H]1C. The normalized spacial score (nSPS) is 41.3. The molecule has 0 aromatic rings. The van der Waals surface area contributed by atoms with Crippen LogP contribution in [0.3, 0.4) is 0 Å². The highest BCUT2D eigenvalue weighted by atomic mass is 16.5. The fourth-order valence-corrected chi connectivity index (χ4v) is 6.96. The van der Waals surface area contributed by atoms with Crippen LogP contribution in [0.4, 0.5) is 0 Å². The van der Waals surface area contributed by atoms with Gasteiger partial charge in [-0.1, -0.05) is 25.8 Å². The lowest BCUT2D eigenvalue weighted by molar-refractivity contribution is -0.193. The molecule has 0 aliphatic heterocycles. The first-order valence-electron chi connectivity index (χ1n) is 11.4. The number of aliphatic hydroxyl groups excluding tert-OH is 1. The number of esters is 2. The van der Waals surface area contributed by atoms with Crippen molar-refractivity contribution in [3.05, 3.63) is 11.6 Å². The number of fused-ring (bicyclic) bond motifs is 3. The molecular formula is C24H37NO6. The van der Waals surface area contributed by atoms with Gasteiger partial charge in [0.25, 0.3) is 0 Å². The molecule has 3 aliphatic carbocycles. The molecular weight excluding hydrogens is 398 g/mol. The van der Waals surface area contributed by atoms with Crippen LogP contribution in [-0.2, 0) is 23.9 Å². The molecule has 3 saturated carbocycles. The standard InChI is InChI=1S/C24H37NO6/c1-14-15(13-17(26)31-12-11-25-4)7-8-16-18(14)19(27)20(28)21-23(16,2)9-6-10-24(21,3)22(29)30-5/h13-14,16,18-19,21,25,27H,6-12H2,1-5H3/b15-13+/t14-,16+,18+,19+,21+,23+,24-/m0/s1. The Kier molecular flexibility index (Phi) is 6.96. The molecule has 2 N–H and O–H groups in total. The van der Waals surface area contributed by atoms with E-state index in [2.05, 4.69) is 12.2 Å². The lowest BCUT2D eigenvalue weighted by Crippen LogP contribution is -2.65. The second kappa shape index (κ2) is 9.02. The minimum absolute atomic E-state index is 0.0990. The Balaban J connectivity index is 1.90. The fourth-order valence-electron chi connectivity index (χ4n) is 6.96. The molecule has 0 radical (unpaired) electrons. The predicted octanol–water partition coefficient (Wildman–Crippen LogP) is 2.27. The number of aliphatic hydroxyl groups is 1. The largest absolute Gasteiger partial charge is 0.469 e. The molecule has 0 bridgehead atoms. The van der Waals surface area contributed by atoms with Crippen molar-refractivity contribution in [2.45, 2.75) is 59.0 Å². The first-order valence-corrected chi connectivity index (χ1v) is 11.4. The van der Waals surface area contributed by atoms with Crippen LogP contribution >= 0.6 is 0 Å². The maximum Gasteiger partial charge on any atom is 0.330 e. The average Bonchev–Trinajstić information content (AvgIpc) is 2.73. The van der Waals surface area contributed by atoms with E-state index >= 15 is 0 Å². The third-order valence-corrected chi connectivity index (χ3v) is 8.42. The molecule has 0 saturated heterocycles. The highest BCUT2D eigenvalue weighted by Crippen LogP contribution is 2.64. The average molecular weight is 436 g/mol. The summed E-state index contributed by atoms with van der Waals surface area (Å²) in [6.07, 6.45) is 4.18. The van der Waals surface area contributed by atoms with E-state index in [9.17, 15) is 19.5 Å². The van der Waals surface area contributed by atoms with Gasteiger partial charge < -0.3 is 19.9 Å². The summed E-state index contributed by atoms with van der Waals surface area (Å²) < 4.78 is 10.3. The topological polar surface area (TPSA) is 102 Å². The molecule has 3 fully saturated rings. The van der Waals surface area contributed by atoms with Crippen molar-refractivity contribution in [1.29, 1.82) is 0 Å². The van der Waals surface area contributed by atoms with Crippen molar-refractivity contribution >= 4 is 17.7 Å². The third kappa shape index (κ3) is 3.95. The van der Waals surface area contributed by atoms with Crippen molar-refractivity contribution in [2.24, 2.45) is 34.5 Å². The van der Waals surface area contributed by atoms with Crippen LogP contribution in [0, 0.1) is 34.5 Å². The number of carbonyl (C=O) groups is 3. The highest BCUT2D eigenvalue weighted by Gasteiger charge is 2.66. The van der Waals surface area contributed by atoms with Crippen LogP contribution in [0.15, 0.2) is 11.6 Å². The Morgan fingerprint density at radius 2 is 2.00 bits per heavy atom. The van der Waals surface area contributed by atoms with E-state index in [1.54, 1.807) is 13.1 Å². The van der Waals surface area contributed by atoms with E-state index in [1.165, 1.54) is 7.11 Å². The molecule has 0 amide bonds. The van der Waals surface area contributed by atoms with E-state index < -0.39 is 17.4 Å². The van der Waals surface area contributed by atoms with Gasteiger partial charge in [0.2, 0.25) is 0 Å². The van der Waals surface area contributed by atoms with Crippen LogP contribution in [0.25, 0.3) is 0 Å². The number of hydrogen-bond donors (Lipinski definition) is 2. The molecule has 7 atom stereocenters. The summed E-state index contributed by atoms with van der Waals surface area (Å²) in [5.41, 5.74) is -0.368. The van der Waals surface area contributed by atoms with E-state index in [-0.39, 0.29) is 40.9 Å². The van der Waals surface area contributed by atoms with Crippen LogP contribution < -0.4 is 5.32 Å². The Morgan fingerprint density at radius 3 is 2.65 bits per heavy atom. The van der Waals surface area contributed by atoms with Gasteiger partial charge in [0.05, 0.1) is 12.5 Å². The van der Waals surface area contributed by atoms with Gasteiger partial charge in [0.1, 0.15) is 12.7 Å². The molecule has 31 heavy (non-hydrogen) atoms. The van der Waals surface area contributed by atoms with Gasteiger partial charge in [0.15, 0.2) is 5.78 Å². The highest BCUT2D eigenvalue weighted by molar-refractivity contribution is 5.93. The summed E-state index contributed by atoms with van der Waals surface area (Å²) in [6, 6.07) is 0. The second-order valence-corrected chi connectivity index (χ2v) is 10.1. The Hall–Kier alpha value is -1.73. The lowest BCUT2D eigenvalue weighted by Gasteiger charge is -2.61. The Morgan fingerprint density at radius 1 is 1.29 bits per heavy atom. The number of nitrogens with one attached hydrogen (secondary N) is 1. The number of likely N-dealkylation sites (N-methyl/N-ethyl adjacent to an activating group) is 1. The molecule has 7 nitrogen and oxygen atoms in total. The molecule has 3 aliphatic rings. The second-order valence-electron chi connectivity index (χ2n) is 10.1. The van der Waals surface area contributed by atoms with E-state index in [0.29, 0.717) is 19.6 Å². The number of ketones is 1. The number of hydrogen-bond acceptors (Lipinski definition) is 7. The zero-order chi connectivity index (χ0) is 23.0. The molecule has 0 aromatic heterocycles. The van der Waals surface area contributed by atoms with Gasteiger partial charge in [-0.15, -0.1) is 0 Å². The molecule has 0 heterocycles. The Labute approximate surface area is 184 Å². The fraction of sp³-hybridized carbons (Fsp3) is 0.792. The maximum absolute atomic E-state index is 13.5. The monoisotopic (exact) mass is 435 g/mol. The maximum atomic E-state index is 13.5. The molecule has 0 aromatic carbocycles. The number of carbonyl (C=O) groups excluding carboxylic acids is 3. The summed E-state index contributed by atoms with van der Waals surface area (Å²) in [5, 5.41) is 14.1. The molecule has 0 unspecified atom stereocenters. The first-order chi connectivity index (χ1) is 14.6. The predicted molar refractivity (Wildman–Crippen MR) is 115 cm³/mol. The van der Waals surface area contributed by atoms with Gasteiger partial charge in [-0.2, -0.15) is 0 Å². The summed E-state index contributed by atoms with van der Waals surface area (Å²) in [7, 11) is 3.16. The number of ether oxygens (including phenoxy) is 2. The van der Waals surface area contributed by atoms with Gasteiger partial charge >= 0.3 is 11.9 Å². The van der Waals surface area contributed by atoms with Crippen molar-refractivity contribution in [2.75, 3.05) is 27.3 Å². The van der Waals surface area contributed by atoms with Crippen LogP contribution in [0.5, 0.6) is 0 Å². The molecule has 174 valence electrons. The summed E-state index contributed by atoms with van der Waals surface area (Å²) in [4.78, 5) is 38.5. The van der Waals surface area contributed by atoms with Gasteiger partial charge in [-0.25, -0.2) is 4.79 Å². The van der Waals surface area contributed by atoms with E-state index in [0.717, 1.165) is 31.3 Å². The van der Waals surface area contributed by atoms with Crippen molar-refractivity contribution in [3.63, 3.8) is 0 Å². The smallest absolute Gasteiger partial charge is 0.330 e. The summed E-state index contributed by atoms with van der Waals surface area (Å²) in [6.45, 7) is 6.82. The number of Topliss-reactive ketones (excluding diaryl/α,β-unsaturated/α-hetero) is 1. The molecule has 0 spiro atoms. The Bertz CT molecular complexity index is 763. The minimum Gasteiger partial charge on any atom is -0.469 e. The van der Waals surface area contributed by atoms with E-state index in [4.69, 9.17) is 9.47 Å². The zero-order valence-electron chi connectivity index (χ0n) is 19.4. The van der Waals surface area contributed by atoms with Gasteiger partial charge in [-0.3, -0.25) is 9.59 Å². The number of allylic oxidation sites excluding steroid dienone is 1. The number of rotatable bonds is 5. The van der Waals surface area contributed by atoms with Crippen LogP contribution in [0.2, 0.25) is 0 Å². The number of methoxy groups -OCH3 is 1. The minimum atomic E-state index is -1.15. The van der Waals surface area contributed by atoms with Crippen molar-refractivity contribution < 1.29 is 29.0 Å². The first kappa shape index (κ1) is 23.9. The lowest BCUT2D eigenvalue weighted by atomic mass is 9.42. The quantitative estimate of drug-likeness (QED) is 0.388. The van der Waals surface area contributed by atoms with Crippen LogP contribution in [-0.4, -0.2) is 56.2 Å². The van der Waals surface area contributed by atoms with Crippen molar-refractivity contribution in [3.8, 4) is 0 Å². The molecule has 3 rings (SSSR count). The zero-order valence-corrected chi connectivity index (χ0v) is 19.4. The van der Waals surface area contributed by atoms with Gasteiger partial charge in [0, 0.05) is 24.5 Å². The van der Waals surface area contributed by atoms with Crippen LogP contribution in [0.1, 0.15) is 52.9 Å². The third-order valence-electron chi connectivity index (χ3n) is 8.42. The van der Waals surface area contributed by atoms with Gasteiger partial charge in [-0.05, 0) is 56.9 Å². The molecule has 7 heteroatoms. The van der Waals surface area contributed by atoms with Crippen molar-refractivity contribution in [1.82, 2.24) is 5.32 Å². The summed E-state index contributed by atoms with van der Waals surface area (Å²) >= 11 is 0. The summed E-state index contributed by atoms with van der Waals surface area (Å²) in [5.74, 6) is -1.83.